The summed E-state index contributed by atoms with van der Waals surface area (Å²) < 4.78 is 48.7. The van der Waals surface area contributed by atoms with E-state index in [-0.39, 0.29) is 29.5 Å². The average Bonchev–Trinajstić information content (AvgIpc) is 2.51. The van der Waals surface area contributed by atoms with Crippen LogP contribution in [0, 0.1) is 5.92 Å². The Morgan fingerprint density at radius 3 is 2.65 bits per heavy atom. The molecule has 0 saturated carbocycles. The zero-order chi connectivity index (χ0) is 19.5. The molecule has 1 atom stereocenters. The van der Waals surface area contributed by atoms with Crippen LogP contribution in [-0.4, -0.2) is 41.3 Å². The molecule has 1 amide bonds. The molecule has 0 radical (unpaired) electrons. The molecule has 0 aliphatic carbocycles. The maximum Gasteiger partial charge on any atom is 0.417 e. The van der Waals surface area contributed by atoms with Crippen molar-refractivity contribution in [1.82, 2.24) is 9.88 Å². The van der Waals surface area contributed by atoms with Crippen molar-refractivity contribution in [3.63, 3.8) is 0 Å². The Balaban J connectivity index is 1.92. The lowest BCUT2D eigenvalue weighted by molar-refractivity contribution is -0.137. The number of aromatic nitrogens is 1. The van der Waals surface area contributed by atoms with Crippen LogP contribution in [0.3, 0.4) is 0 Å². The number of halogens is 4. The second-order valence-electron chi connectivity index (χ2n) is 7.25. The molecule has 1 saturated heterocycles. The van der Waals surface area contributed by atoms with E-state index in [0.29, 0.717) is 19.3 Å². The fourth-order valence-electron chi connectivity index (χ4n) is 2.58. The highest BCUT2D eigenvalue weighted by Crippen LogP contribution is 2.33. The Bertz CT molecular complexity index is 647. The topological polar surface area (TPSA) is 51.7 Å². The van der Waals surface area contributed by atoms with Crippen LogP contribution in [0.15, 0.2) is 12.3 Å². The van der Waals surface area contributed by atoms with Crippen molar-refractivity contribution in [3.8, 4) is 5.88 Å². The lowest BCUT2D eigenvalue weighted by atomic mass is 9.99. The quantitative estimate of drug-likeness (QED) is 0.740. The molecule has 9 heteroatoms. The number of amides is 1. The fourth-order valence-corrected chi connectivity index (χ4v) is 2.80. The summed E-state index contributed by atoms with van der Waals surface area (Å²) in [5.74, 6) is -0.0227. The number of hydrogen-bond donors (Lipinski definition) is 0. The van der Waals surface area contributed by atoms with Crippen LogP contribution in [0.5, 0.6) is 5.88 Å². The minimum absolute atomic E-state index is 0.0245. The van der Waals surface area contributed by atoms with E-state index >= 15 is 0 Å². The number of alkyl halides is 3. The highest BCUT2D eigenvalue weighted by Gasteiger charge is 2.32. The number of pyridine rings is 1. The Hall–Kier alpha value is -1.70. The number of piperidine rings is 1. The van der Waals surface area contributed by atoms with Crippen molar-refractivity contribution < 1.29 is 27.4 Å². The lowest BCUT2D eigenvalue weighted by Crippen LogP contribution is -2.44. The number of hydrogen-bond acceptors (Lipinski definition) is 4. The molecule has 5 nitrogen and oxygen atoms in total. The molecule has 0 unspecified atom stereocenters. The minimum Gasteiger partial charge on any atom is -0.476 e. The normalized spacial score (nSPS) is 18.6. The van der Waals surface area contributed by atoms with Crippen molar-refractivity contribution in [2.24, 2.45) is 5.92 Å². The predicted octanol–water partition coefficient (Wildman–Crippen LogP) is 4.78. The zero-order valence-electron chi connectivity index (χ0n) is 14.9. The van der Waals surface area contributed by atoms with Crippen molar-refractivity contribution in [3.05, 3.63) is 22.8 Å². The van der Waals surface area contributed by atoms with Crippen molar-refractivity contribution in [2.75, 3.05) is 19.7 Å². The Kier molecular flexibility index (Phi) is 6.26. The Morgan fingerprint density at radius 2 is 2.08 bits per heavy atom. The van der Waals surface area contributed by atoms with Gasteiger partial charge < -0.3 is 14.4 Å². The second-order valence-corrected chi connectivity index (χ2v) is 7.66. The van der Waals surface area contributed by atoms with Crippen LogP contribution >= 0.6 is 11.6 Å². The van der Waals surface area contributed by atoms with E-state index in [2.05, 4.69) is 4.98 Å². The molecular weight excluding hydrogens is 373 g/mol. The molecule has 0 N–H and O–H groups in total. The van der Waals surface area contributed by atoms with Gasteiger partial charge in [-0.05, 0) is 39.7 Å². The maximum absolute atomic E-state index is 12.6. The molecule has 0 bridgehead atoms. The Labute approximate surface area is 155 Å². The summed E-state index contributed by atoms with van der Waals surface area (Å²) in [4.78, 5) is 17.4. The molecule has 2 rings (SSSR count). The highest BCUT2D eigenvalue weighted by molar-refractivity contribution is 6.31. The van der Waals surface area contributed by atoms with E-state index in [1.165, 1.54) is 0 Å². The molecule has 1 aromatic heterocycles. The van der Waals surface area contributed by atoms with Crippen molar-refractivity contribution in [2.45, 2.75) is 45.4 Å². The first-order chi connectivity index (χ1) is 12.0. The van der Waals surface area contributed by atoms with Crippen molar-refractivity contribution >= 4 is 17.7 Å². The molecule has 2 heterocycles. The molecule has 0 aromatic carbocycles. The number of likely N-dealkylation sites (tertiary alicyclic amines) is 1. The monoisotopic (exact) mass is 394 g/mol. The smallest absolute Gasteiger partial charge is 0.417 e. The van der Waals surface area contributed by atoms with Gasteiger partial charge in [-0.15, -0.1) is 0 Å². The van der Waals surface area contributed by atoms with Crippen molar-refractivity contribution in [1.29, 1.82) is 0 Å². The average molecular weight is 395 g/mol. The van der Waals surface area contributed by atoms with E-state index in [0.717, 1.165) is 18.9 Å². The third-order valence-corrected chi connectivity index (χ3v) is 4.03. The van der Waals surface area contributed by atoms with E-state index in [1.54, 1.807) is 25.7 Å². The summed E-state index contributed by atoms with van der Waals surface area (Å²) in [6, 6.07) is 0.789. The number of rotatable bonds is 3. The van der Waals surface area contributed by atoms with Gasteiger partial charge in [-0.25, -0.2) is 9.78 Å². The first-order valence-electron chi connectivity index (χ1n) is 8.29. The summed E-state index contributed by atoms with van der Waals surface area (Å²) in [7, 11) is 0. The summed E-state index contributed by atoms with van der Waals surface area (Å²) in [5, 5.41) is -0.195. The summed E-state index contributed by atoms with van der Waals surface area (Å²) in [6.45, 7) is 6.66. The largest absolute Gasteiger partial charge is 0.476 e. The van der Waals surface area contributed by atoms with Crippen LogP contribution in [0.25, 0.3) is 0 Å². The number of carbonyl (C=O) groups excluding carboxylic acids is 1. The van der Waals surface area contributed by atoms with E-state index < -0.39 is 17.3 Å². The van der Waals surface area contributed by atoms with Crippen LogP contribution in [0.2, 0.25) is 5.02 Å². The van der Waals surface area contributed by atoms with Crippen LogP contribution in [0.4, 0.5) is 18.0 Å². The van der Waals surface area contributed by atoms with Gasteiger partial charge in [0.15, 0.2) is 0 Å². The fraction of sp³-hybridized carbons (Fsp3) is 0.647. The van der Waals surface area contributed by atoms with Gasteiger partial charge in [-0.2, -0.15) is 13.2 Å². The summed E-state index contributed by atoms with van der Waals surface area (Å²) in [6.07, 6.45) is -2.58. The summed E-state index contributed by atoms with van der Waals surface area (Å²) in [5.41, 5.74) is -1.50. The molecule has 1 fully saturated rings. The third-order valence-electron chi connectivity index (χ3n) is 3.76. The first kappa shape index (κ1) is 20.6. The van der Waals surface area contributed by atoms with Crippen LogP contribution in [0.1, 0.15) is 39.2 Å². The van der Waals surface area contributed by atoms with Gasteiger partial charge in [0.05, 0.1) is 12.2 Å². The van der Waals surface area contributed by atoms with Gasteiger partial charge in [0, 0.05) is 25.2 Å². The van der Waals surface area contributed by atoms with Gasteiger partial charge in [-0.3, -0.25) is 0 Å². The van der Waals surface area contributed by atoms with Gasteiger partial charge in [-0.1, -0.05) is 11.6 Å². The standard InChI is InChI=1S/C17H22ClF3N2O3/c1-16(2,3)26-15(24)23-6-4-5-11(9-23)10-25-14-13(18)7-12(8-22-14)17(19,20)21/h7-8,11H,4-6,9-10H2,1-3H3/t11-/m0/s1. The molecule has 1 aromatic rings. The second kappa shape index (κ2) is 7.90. The van der Waals surface area contributed by atoms with E-state index in [1.807, 2.05) is 0 Å². The minimum atomic E-state index is -4.51. The number of nitrogens with zero attached hydrogens (tertiary/aromatic N) is 2. The highest BCUT2D eigenvalue weighted by atomic mass is 35.5. The van der Waals surface area contributed by atoms with Crippen LogP contribution in [-0.2, 0) is 10.9 Å². The Morgan fingerprint density at radius 1 is 1.38 bits per heavy atom. The number of carbonyl (C=O) groups is 1. The number of ether oxygens (including phenoxy) is 2. The zero-order valence-corrected chi connectivity index (χ0v) is 15.7. The van der Waals surface area contributed by atoms with Gasteiger partial charge in [0.2, 0.25) is 5.88 Å². The van der Waals surface area contributed by atoms with Crippen LogP contribution < -0.4 is 4.74 Å². The van der Waals surface area contributed by atoms with E-state index in [9.17, 15) is 18.0 Å². The maximum atomic E-state index is 12.6. The summed E-state index contributed by atoms with van der Waals surface area (Å²) >= 11 is 5.83. The molecule has 0 spiro atoms. The molecule has 146 valence electrons. The molecule has 1 aliphatic rings. The lowest BCUT2D eigenvalue weighted by Gasteiger charge is -2.34. The first-order valence-corrected chi connectivity index (χ1v) is 8.67. The molecule has 1 aliphatic heterocycles. The van der Waals surface area contributed by atoms with Gasteiger partial charge in [0.1, 0.15) is 10.6 Å². The SMILES string of the molecule is CC(C)(C)OC(=O)N1CCC[C@H](COc2ncc(C(F)(F)F)cc2Cl)C1. The molecular formula is C17H22ClF3N2O3. The van der Waals surface area contributed by atoms with Gasteiger partial charge in [0.25, 0.3) is 0 Å². The third kappa shape index (κ3) is 5.93. The van der Waals surface area contributed by atoms with Gasteiger partial charge >= 0.3 is 12.3 Å². The van der Waals surface area contributed by atoms with E-state index in [4.69, 9.17) is 21.1 Å². The predicted molar refractivity (Wildman–Crippen MR) is 90.3 cm³/mol. The molecule has 26 heavy (non-hydrogen) atoms.